The topological polar surface area (TPSA) is 73.4 Å². The predicted molar refractivity (Wildman–Crippen MR) is 111 cm³/mol. The Bertz CT molecular complexity index is 1130. The number of para-hydroxylation sites is 2. The molecule has 0 unspecified atom stereocenters. The molecule has 6 nitrogen and oxygen atoms in total. The van der Waals surface area contributed by atoms with Crippen LogP contribution in [0.1, 0.15) is 0 Å². The zero-order valence-electron chi connectivity index (χ0n) is 15.1. The van der Waals surface area contributed by atoms with E-state index in [1.807, 2.05) is 48.2 Å². The molecule has 2 aromatic carbocycles. The molecule has 1 aliphatic heterocycles. The molecule has 0 radical (unpaired) electrons. The molecular weight excluding hydrogens is 396 g/mol. The Kier molecular flexibility index (Phi) is 4.75. The first-order valence-electron chi connectivity index (χ1n) is 8.42. The maximum absolute atomic E-state index is 12.8. The number of hydrogen-bond donors (Lipinski definition) is 0. The molecule has 0 saturated heterocycles. The lowest BCUT2D eigenvalue weighted by Gasteiger charge is -2.19. The summed E-state index contributed by atoms with van der Waals surface area (Å²) in [5.41, 5.74) is 3.23. The van der Waals surface area contributed by atoms with E-state index in [9.17, 15) is 10.1 Å². The summed E-state index contributed by atoms with van der Waals surface area (Å²) in [5, 5.41) is 10.6. The van der Waals surface area contributed by atoms with E-state index in [1.165, 1.54) is 0 Å². The van der Waals surface area contributed by atoms with Crippen LogP contribution in [0.4, 0.5) is 11.4 Å². The van der Waals surface area contributed by atoms with Gasteiger partial charge >= 0.3 is 0 Å². The van der Waals surface area contributed by atoms with E-state index in [1.54, 1.807) is 18.2 Å². The van der Waals surface area contributed by atoms with Crippen LogP contribution in [0.15, 0.2) is 63.5 Å². The summed E-state index contributed by atoms with van der Waals surface area (Å²) in [7, 11) is 3.69. The van der Waals surface area contributed by atoms with Crippen molar-refractivity contribution in [1.29, 1.82) is 5.26 Å². The average molecular weight is 411 g/mol. The van der Waals surface area contributed by atoms with Gasteiger partial charge in [0.1, 0.15) is 23.0 Å². The van der Waals surface area contributed by atoms with Crippen molar-refractivity contribution in [3.8, 4) is 6.07 Å². The number of anilines is 2. The number of fused-ring (bicyclic) bond motifs is 2. The van der Waals surface area contributed by atoms with Crippen molar-refractivity contribution < 1.29 is 9.21 Å². The molecule has 2 heterocycles. The van der Waals surface area contributed by atoms with Crippen LogP contribution < -0.4 is 9.80 Å². The lowest BCUT2D eigenvalue weighted by molar-refractivity contribution is -0.112. The third-order valence-corrected chi connectivity index (χ3v) is 5.57. The van der Waals surface area contributed by atoms with Crippen LogP contribution in [-0.2, 0) is 4.79 Å². The minimum atomic E-state index is -0.283. The molecule has 1 aliphatic rings. The minimum Gasteiger partial charge on any atom is -0.431 e. The highest BCUT2D eigenvalue weighted by Crippen LogP contribution is 2.40. The molecule has 1 aromatic heterocycles. The number of allylic oxidation sites excluding steroid dienone is 1. The second-order valence-corrected chi connectivity index (χ2v) is 7.58. The number of carbonyl (C=O) groups is 1. The van der Waals surface area contributed by atoms with Gasteiger partial charge in [0.15, 0.2) is 11.4 Å². The van der Waals surface area contributed by atoms with E-state index in [0.717, 1.165) is 23.1 Å². The largest absolute Gasteiger partial charge is 0.431 e. The van der Waals surface area contributed by atoms with Crippen molar-refractivity contribution in [3.05, 3.63) is 58.9 Å². The summed E-state index contributed by atoms with van der Waals surface area (Å²) in [4.78, 5) is 20.8. The highest BCUT2D eigenvalue weighted by atomic mass is 35.5. The van der Waals surface area contributed by atoms with Crippen LogP contribution in [0.5, 0.6) is 0 Å². The van der Waals surface area contributed by atoms with Gasteiger partial charge in [-0.25, -0.2) is 4.98 Å². The van der Waals surface area contributed by atoms with Crippen molar-refractivity contribution >= 4 is 51.6 Å². The van der Waals surface area contributed by atoms with E-state index in [0.29, 0.717) is 27.2 Å². The number of aromatic nitrogens is 1. The van der Waals surface area contributed by atoms with Crippen molar-refractivity contribution in [2.45, 2.75) is 5.22 Å². The summed E-state index contributed by atoms with van der Waals surface area (Å²) in [6.45, 7) is 0. The van der Waals surface area contributed by atoms with Gasteiger partial charge in [0.2, 0.25) is 0 Å². The highest BCUT2D eigenvalue weighted by Gasteiger charge is 2.31. The standard InChI is InChI=1S/C20H15ClN4O2S/c1-24-15-5-3-4-6-16(15)25(2)19(24)13(10-22)17(26)11-28-20-23-14-9-12(21)7-8-18(14)27-20/h3-9H,11H2,1-2H3. The van der Waals surface area contributed by atoms with Crippen LogP contribution in [0.2, 0.25) is 5.02 Å². The van der Waals surface area contributed by atoms with E-state index in [4.69, 9.17) is 16.0 Å². The Labute approximate surface area is 171 Å². The Hall–Kier alpha value is -2.95. The number of halogens is 1. The Morgan fingerprint density at radius 3 is 2.54 bits per heavy atom. The molecule has 8 heteroatoms. The highest BCUT2D eigenvalue weighted by molar-refractivity contribution is 7.99. The molecule has 3 aromatic rings. The first-order chi connectivity index (χ1) is 13.5. The Morgan fingerprint density at radius 2 is 1.89 bits per heavy atom. The molecule has 28 heavy (non-hydrogen) atoms. The number of ketones is 1. The van der Waals surface area contributed by atoms with Gasteiger partial charge in [-0.05, 0) is 30.3 Å². The van der Waals surface area contributed by atoms with Crippen molar-refractivity contribution in [3.63, 3.8) is 0 Å². The zero-order chi connectivity index (χ0) is 19.8. The van der Waals surface area contributed by atoms with Crippen LogP contribution in [0, 0.1) is 11.3 Å². The van der Waals surface area contributed by atoms with Crippen LogP contribution in [-0.4, -0.2) is 30.6 Å². The van der Waals surface area contributed by atoms with Gasteiger partial charge in [0, 0.05) is 19.1 Å². The average Bonchev–Trinajstić information content (AvgIpc) is 3.21. The number of carbonyl (C=O) groups excluding carboxylic acids is 1. The number of benzene rings is 2. The number of thioether (sulfide) groups is 1. The van der Waals surface area contributed by atoms with E-state index in [-0.39, 0.29) is 17.1 Å². The number of oxazole rings is 1. The second kappa shape index (κ2) is 7.23. The third kappa shape index (κ3) is 3.11. The number of rotatable bonds is 4. The molecule has 0 bridgehead atoms. The summed E-state index contributed by atoms with van der Waals surface area (Å²) in [6.07, 6.45) is 0. The maximum Gasteiger partial charge on any atom is 0.257 e. The molecule has 0 aliphatic carbocycles. The minimum absolute atomic E-state index is 0.0466. The molecule has 0 amide bonds. The lowest BCUT2D eigenvalue weighted by Crippen LogP contribution is -2.26. The molecule has 0 saturated carbocycles. The molecule has 140 valence electrons. The van der Waals surface area contributed by atoms with E-state index in [2.05, 4.69) is 11.1 Å². The van der Waals surface area contributed by atoms with Gasteiger partial charge in [0.25, 0.3) is 5.22 Å². The first kappa shape index (κ1) is 18.4. The molecule has 0 N–H and O–H groups in total. The summed E-state index contributed by atoms with van der Waals surface area (Å²) < 4.78 is 5.63. The summed E-state index contributed by atoms with van der Waals surface area (Å²) in [6, 6.07) is 15.0. The lowest BCUT2D eigenvalue weighted by atomic mass is 10.2. The van der Waals surface area contributed by atoms with Gasteiger partial charge in [-0.3, -0.25) is 4.79 Å². The summed E-state index contributed by atoms with van der Waals surface area (Å²) >= 11 is 7.12. The molecule has 0 spiro atoms. The van der Waals surface area contributed by atoms with Gasteiger partial charge in [-0.1, -0.05) is 35.5 Å². The monoisotopic (exact) mass is 410 g/mol. The van der Waals surface area contributed by atoms with Gasteiger partial charge in [-0.2, -0.15) is 5.26 Å². The molecule has 0 fully saturated rings. The molecule has 4 rings (SSSR count). The van der Waals surface area contributed by atoms with Crippen molar-refractivity contribution in [2.24, 2.45) is 0 Å². The van der Waals surface area contributed by atoms with E-state index >= 15 is 0 Å². The fraction of sp³-hybridized carbons (Fsp3) is 0.150. The third-order valence-electron chi connectivity index (χ3n) is 4.51. The quantitative estimate of drug-likeness (QED) is 0.357. The normalized spacial score (nSPS) is 13.0. The van der Waals surface area contributed by atoms with Gasteiger partial charge in [0.05, 0.1) is 17.1 Å². The Balaban J connectivity index is 1.58. The number of nitriles is 1. The number of hydrogen-bond acceptors (Lipinski definition) is 7. The summed E-state index contributed by atoms with van der Waals surface area (Å²) in [5.74, 6) is 0.332. The smallest absolute Gasteiger partial charge is 0.257 e. The molecular formula is C20H15ClN4O2S. The fourth-order valence-electron chi connectivity index (χ4n) is 3.20. The van der Waals surface area contributed by atoms with Crippen LogP contribution in [0.25, 0.3) is 11.1 Å². The van der Waals surface area contributed by atoms with Crippen LogP contribution >= 0.6 is 23.4 Å². The van der Waals surface area contributed by atoms with Crippen molar-refractivity contribution in [2.75, 3.05) is 29.6 Å². The maximum atomic E-state index is 12.8. The SMILES string of the molecule is CN1C(=C(C#N)C(=O)CSc2nc3cc(Cl)ccc3o2)N(C)c2ccccc21. The second-order valence-electron chi connectivity index (χ2n) is 6.22. The fourth-order valence-corrected chi connectivity index (χ4v) is 4.07. The number of nitrogens with zero attached hydrogens (tertiary/aromatic N) is 4. The van der Waals surface area contributed by atoms with E-state index < -0.39 is 0 Å². The number of Topliss-reactive ketones (excluding diaryl/α,β-unsaturated/α-hetero) is 1. The first-order valence-corrected chi connectivity index (χ1v) is 9.79. The van der Waals surface area contributed by atoms with Gasteiger partial charge in [-0.15, -0.1) is 0 Å². The molecule has 0 atom stereocenters. The van der Waals surface area contributed by atoms with Gasteiger partial charge < -0.3 is 14.2 Å². The predicted octanol–water partition coefficient (Wildman–Crippen LogP) is 4.46. The zero-order valence-corrected chi connectivity index (χ0v) is 16.7. The van der Waals surface area contributed by atoms with Crippen LogP contribution in [0.3, 0.4) is 0 Å². The Morgan fingerprint density at radius 1 is 1.21 bits per heavy atom. The van der Waals surface area contributed by atoms with Crippen molar-refractivity contribution in [1.82, 2.24) is 4.98 Å².